The number of hydrogen-bond acceptors (Lipinski definition) is 3. The Morgan fingerprint density at radius 1 is 0.960 bits per heavy atom. The molecule has 2 aromatic carbocycles. The third kappa shape index (κ3) is 5.52. The molecule has 132 valence electrons. The van der Waals surface area contributed by atoms with Crippen LogP contribution in [0, 0.1) is 0 Å². The molecule has 0 heterocycles. The largest absolute Gasteiger partial charge is 0.490 e. The molecule has 1 amide bonds. The molecular formula is C21H26N2O2. The first-order valence-corrected chi connectivity index (χ1v) is 9.06. The molecular weight excluding hydrogens is 312 g/mol. The van der Waals surface area contributed by atoms with Crippen molar-refractivity contribution >= 4 is 11.6 Å². The highest BCUT2D eigenvalue weighted by molar-refractivity contribution is 5.78. The number of benzene rings is 2. The molecule has 1 aliphatic carbocycles. The topological polar surface area (TPSA) is 64.4 Å². The van der Waals surface area contributed by atoms with Gasteiger partial charge in [0.05, 0.1) is 12.5 Å². The molecule has 0 aliphatic heterocycles. The predicted molar refractivity (Wildman–Crippen MR) is 100 cm³/mol. The summed E-state index contributed by atoms with van der Waals surface area (Å²) in [5.41, 5.74) is 8.39. The maximum absolute atomic E-state index is 12.0. The number of ether oxygens (including phenoxy) is 1. The molecule has 0 aromatic heterocycles. The third-order valence-electron chi connectivity index (χ3n) is 4.61. The van der Waals surface area contributed by atoms with Gasteiger partial charge in [0.2, 0.25) is 5.91 Å². The van der Waals surface area contributed by atoms with Crippen LogP contribution in [-0.2, 0) is 17.8 Å². The molecule has 0 spiro atoms. The van der Waals surface area contributed by atoms with Gasteiger partial charge in [-0.3, -0.25) is 4.79 Å². The van der Waals surface area contributed by atoms with Gasteiger partial charge in [-0.2, -0.15) is 0 Å². The van der Waals surface area contributed by atoms with Gasteiger partial charge in [-0.05, 0) is 61.1 Å². The molecule has 1 fully saturated rings. The molecule has 0 atom stereocenters. The second-order valence-corrected chi connectivity index (χ2v) is 6.72. The van der Waals surface area contributed by atoms with Gasteiger partial charge in [0.1, 0.15) is 5.75 Å². The quantitative estimate of drug-likeness (QED) is 0.787. The number of rotatable bonds is 6. The van der Waals surface area contributed by atoms with Crippen LogP contribution in [-0.4, -0.2) is 12.0 Å². The summed E-state index contributed by atoms with van der Waals surface area (Å²) in [5.74, 6) is 0.927. The number of anilines is 1. The van der Waals surface area contributed by atoms with E-state index in [9.17, 15) is 4.79 Å². The van der Waals surface area contributed by atoms with Crippen LogP contribution >= 0.6 is 0 Å². The molecule has 4 heteroatoms. The number of nitrogens with two attached hydrogens (primary N) is 1. The minimum absolute atomic E-state index is 0.00676. The standard InChI is InChI=1S/C21H26N2O2/c22-18-10-6-16(7-11-18)14-21(24)23-15-17-8-12-20(13-9-17)25-19-4-2-1-3-5-19/h6-13,19H,1-5,14-15,22H2,(H,23,24). The highest BCUT2D eigenvalue weighted by atomic mass is 16.5. The zero-order chi connectivity index (χ0) is 17.5. The van der Waals surface area contributed by atoms with E-state index in [0.29, 0.717) is 24.8 Å². The van der Waals surface area contributed by atoms with Crippen molar-refractivity contribution in [2.75, 3.05) is 5.73 Å². The smallest absolute Gasteiger partial charge is 0.224 e. The zero-order valence-corrected chi connectivity index (χ0v) is 14.5. The van der Waals surface area contributed by atoms with E-state index in [2.05, 4.69) is 5.32 Å². The second kappa shape index (κ2) is 8.56. The summed E-state index contributed by atoms with van der Waals surface area (Å²) < 4.78 is 6.03. The first-order valence-electron chi connectivity index (χ1n) is 9.06. The van der Waals surface area contributed by atoms with E-state index >= 15 is 0 Å². The van der Waals surface area contributed by atoms with Crippen molar-refractivity contribution in [3.8, 4) is 5.75 Å². The van der Waals surface area contributed by atoms with Gasteiger partial charge in [0, 0.05) is 12.2 Å². The van der Waals surface area contributed by atoms with E-state index in [0.717, 1.165) is 29.7 Å². The molecule has 4 nitrogen and oxygen atoms in total. The molecule has 0 unspecified atom stereocenters. The molecule has 1 saturated carbocycles. The van der Waals surface area contributed by atoms with Crippen LogP contribution in [0.4, 0.5) is 5.69 Å². The number of nitrogens with one attached hydrogen (secondary N) is 1. The van der Waals surface area contributed by atoms with Gasteiger partial charge in [0.15, 0.2) is 0 Å². The average molecular weight is 338 g/mol. The lowest BCUT2D eigenvalue weighted by molar-refractivity contribution is -0.120. The van der Waals surface area contributed by atoms with Crippen LogP contribution in [0.25, 0.3) is 0 Å². The molecule has 25 heavy (non-hydrogen) atoms. The minimum atomic E-state index is 0.00676. The molecule has 2 aromatic rings. The molecule has 3 rings (SSSR count). The van der Waals surface area contributed by atoms with Crippen molar-refractivity contribution in [2.45, 2.75) is 51.2 Å². The van der Waals surface area contributed by atoms with Crippen LogP contribution in [0.3, 0.4) is 0 Å². The lowest BCUT2D eigenvalue weighted by atomic mass is 9.98. The lowest BCUT2D eigenvalue weighted by Crippen LogP contribution is -2.24. The third-order valence-corrected chi connectivity index (χ3v) is 4.61. The number of carbonyl (C=O) groups excluding carboxylic acids is 1. The van der Waals surface area contributed by atoms with Crippen LogP contribution in [0.5, 0.6) is 5.75 Å². The van der Waals surface area contributed by atoms with Crippen molar-refractivity contribution in [3.63, 3.8) is 0 Å². The Labute approximate surface area is 149 Å². The van der Waals surface area contributed by atoms with Crippen LogP contribution in [0.2, 0.25) is 0 Å². The summed E-state index contributed by atoms with van der Waals surface area (Å²) in [6.45, 7) is 0.525. The minimum Gasteiger partial charge on any atom is -0.490 e. The Kier molecular flexibility index (Phi) is 5.94. The summed E-state index contributed by atoms with van der Waals surface area (Å²) in [4.78, 5) is 12.0. The van der Waals surface area contributed by atoms with E-state index in [1.807, 2.05) is 48.5 Å². The first-order chi connectivity index (χ1) is 12.2. The molecule has 1 aliphatic rings. The van der Waals surface area contributed by atoms with E-state index < -0.39 is 0 Å². The van der Waals surface area contributed by atoms with Gasteiger partial charge in [-0.15, -0.1) is 0 Å². The Morgan fingerprint density at radius 3 is 2.28 bits per heavy atom. The number of carbonyl (C=O) groups is 1. The fraction of sp³-hybridized carbons (Fsp3) is 0.381. The van der Waals surface area contributed by atoms with E-state index in [4.69, 9.17) is 10.5 Å². The van der Waals surface area contributed by atoms with Gasteiger partial charge < -0.3 is 15.8 Å². The Balaban J connectivity index is 1.44. The molecule has 3 N–H and O–H groups in total. The fourth-order valence-corrected chi connectivity index (χ4v) is 3.15. The van der Waals surface area contributed by atoms with E-state index in [-0.39, 0.29) is 5.91 Å². The van der Waals surface area contributed by atoms with Crippen LogP contribution in [0.1, 0.15) is 43.2 Å². The monoisotopic (exact) mass is 338 g/mol. The van der Waals surface area contributed by atoms with Gasteiger partial charge in [-0.1, -0.05) is 30.7 Å². The van der Waals surface area contributed by atoms with Crippen molar-refractivity contribution < 1.29 is 9.53 Å². The number of hydrogen-bond donors (Lipinski definition) is 2. The van der Waals surface area contributed by atoms with E-state index in [1.54, 1.807) is 0 Å². The van der Waals surface area contributed by atoms with Crippen molar-refractivity contribution in [3.05, 3.63) is 59.7 Å². The summed E-state index contributed by atoms with van der Waals surface area (Å²) >= 11 is 0. The molecule has 0 bridgehead atoms. The van der Waals surface area contributed by atoms with Crippen LogP contribution < -0.4 is 15.8 Å². The molecule has 0 saturated heterocycles. The predicted octanol–water partition coefficient (Wildman–Crippen LogP) is 3.84. The SMILES string of the molecule is Nc1ccc(CC(=O)NCc2ccc(OC3CCCCC3)cc2)cc1. The number of amides is 1. The maximum Gasteiger partial charge on any atom is 0.224 e. The Hall–Kier alpha value is -2.49. The highest BCUT2D eigenvalue weighted by Crippen LogP contribution is 2.23. The fourth-order valence-electron chi connectivity index (χ4n) is 3.15. The summed E-state index contributed by atoms with van der Waals surface area (Å²) in [6, 6.07) is 15.4. The number of nitrogen functional groups attached to an aromatic ring is 1. The second-order valence-electron chi connectivity index (χ2n) is 6.72. The lowest BCUT2D eigenvalue weighted by Gasteiger charge is -2.23. The van der Waals surface area contributed by atoms with Gasteiger partial charge in [0.25, 0.3) is 0 Å². The maximum atomic E-state index is 12.0. The summed E-state index contributed by atoms with van der Waals surface area (Å²) in [6.07, 6.45) is 6.90. The van der Waals surface area contributed by atoms with Crippen molar-refractivity contribution in [1.82, 2.24) is 5.32 Å². The normalized spacial score (nSPS) is 14.9. The Bertz CT molecular complexity index is 674. The van der Waals surface area contributed by atoms with Gasteiger partial charge in [-0.25, -0.2) is 0 Å². The summed E-state index contributed by atoms with van der Waals surface area (Å²) in [5, 5.41) is 2.95. The van der Waals surface area contributed by atoms with Crippen molar-refractivity contribution in [1.29, 1.82) is 0 Å². The first kappa shape index (κ1) is 17.3. The average Bonchev–Trinajstić information content (AvgIpc) is 2.64. The zero-order valence-electron chi connectivity index (χ0n) is 14.5. The van der Waals surface area contributed by atoms with Crippen molar-refractivity contribution in [2.24, 2.45) is 0 Å². The van der Waals surface area contributed by atoms with Gasteiger partial charge >= 0.3 is 0 Å². The van der Waals surface area contributed by atoms with E-state index in [1.165, 1.54) is 19.3 Å². The van der Waals surface area contributed by atoms with Crippen LogP contribution in [0.15, 0.2) is 48.5 Å². The Morgan fingerprint density at radius 2 is 1.60 bits per heavy atom. The summed E-state index contributed by atoms with van der Waals surface area (Å²) in [7, 11) is 0. The molecule has 0 radical (unpaired) electrons. The highest BCUT2D eigenvalue weighted by Gasteiger charge is 2.14.